The van der Waals surface area contributed by atoms with Gasteiger partial charge in [-0.25, -0.2) is 4.98 Å². The van der Waals surface area contributed by atoms with Crippen molar-refractivity contribution in [1.82, 2.24) is 9.55 Å². The van der Waals surface area contributed by atoms with Gasteiger partial charge in [0.1, 0.15) is 5.82 Å². The van der Waals surface area contributed by atoms with Crippen molar-refractivity contribution in [2.24, 2.45) is 5.92 Å². The number of rotatable bonds is 2. The highest BCUT2D eigenvalue weighted by Gasteiger charge is 2.20. The maximum Gasteiger partial charge on any atom is 0.109 e. The molecule has 0 radical (unpaired) electrons. The number of aliphatic hydroxyl groups excluding tert-OH is 1. The number of aliphatic hydroxyl groups is 1. The quantitative estimate of drug-likeness (QED) is 0.926. The standard InChI is InChI=1S/C12H13BrN2OS/c13-11-3-2-10(17-11)9-6-15-5-8(7-16)1-4-12(15)14-9/h2-3,6,8,16H,1,4-5,7H2. The second-order valence-electron chi connectivity index (χ2n) is 4.39. The van der Waals surface area contributed by atoms with E-state index in [4.69, 9.17) is 0 Å². The zero-order valence-corrected chi connectivity index (χ0v) is 11.7. The highest BCUT2D eigenvalue weighted by atomic mass is 79.9. The van der Waals surface area contributed by atoms with Gasteiger partial charge in [0.2, 0.25) is 0 Å². The van der Waals surface area contributed by atoms with Crippen LogP contribution in [0.4, 0.5) is 0 Å². The van der Waals surface area contributed by atoms with Gasteiger partial charge in [0.15, 0.2) is 0 Å². The number of thiophene rings is 1. The predicted octanol–water partition coefficient (Wildman–Crippen LogP) is 2.93. The maximum atomic E-state index is 9.21. The van der Waals surface area contributed by atoms with Gasteiger partial charge in [-0.15, -0.1) is 11.3 Å². The number of aryl methyl sites for hydroxylation is 1. The number of halogens is 1. The van der Waals surface area contributed by atoms with Crippen LogP contribution in [0.5, 0.6) is 0 Å². The van der Waals surface area contributed by atoms with Gasteiger partial charge < -0.3 is 9.67 Å². The Labute approximate surface area is 112 Å². The molecular weight excluding hydrogens is 300 g/mol. The van der Waals surface area contributed by atoms with Crippen LogP contribution in [-0.4, -0.2) is 21.3 Å². The van der Waals surface area contributed by atoms with Crippen molar-refractivity contribution in [3.05, 3.63) is 27.9 Å². The van der Waals surface area contributed by atoms with Gasteiger partial charge in [0.25, 0.3) is 0 Å². The minimum absolute atomic E-state index is 0.275. The molecule has 1 aliphatic heterocycles. The SMILES string of the molecule is OCC1CCc2nc(-c3ccc(Br)s3)cn2C1. The first-order valence-electron chi connectivity index (χ1n) is 5.69. The van der Waals surface area contributed by atoms with Crippen molar-refractivity contribution in [2.75, 3.05) is 6.61 Å². The Morgan fingerprint density at radius 1 is 1.53 bits per heavy atom. The fourth-order valence-electron chi connectivity index (χ4n) is 2.23. The number of fused-ring (bicyclic) bond motifs is 1. The average molecular weight is 313 g/mol. The van der Waals surface area contributed by atoms with Crippen molar-refractivity contribution in [3.63, 3.8) is 0 Å². The molecule has 0 spiro atoms. The Morgan fingerprint density at radius 3 is 3.12 bits per heavy atom. The lowest BCUT2D eigenvalue weighted by Crippen LogP contribution is -2.22. The monoisotopic (exact) mass is 312 g/mol. The summed E-state index contributed by atoms with van der Waals surface area (Å²) in [6, 6.07) is 4.14. The van der Waals surface area contributed by atoms with Gasteiger partial charge in [0, 0.05) is 31.7 Å². The molecule has 0 fully saturated rings. The Morgan fingerprint density at radius 2 is 2.41 bits per heavy atom. The first kappa shape index (κ1) is 11.4. The minimum atomic E-state index is 0.275. The molecule has 0 saturated heterocycles. The van der Waals surface area contributed by atoms with Gasteiger partial charge in [-0.05, 0) is 34.5 Å². The van der Waals surface area contributed by atoms with Gasteiger partial charge in [-0.2, -0.15) is 0 Å². The van der Waals surface area contributed by atoms with Crippen molar-refractivity contribution >= 4 is 27.3 Å². The molecular formula is C12H13BrN2OS. The molecule has 1 unspecified atom stereocenters. The zero-order valence-electron chi connectivity index (χ0n) is 9.27. The molecule has 2 aromatic rings. The van der Waals surface area contributed by atoms with Crippen molar-refractivity contribution < 1.29 is 5.11 Å². The van der Waals surface area contributed by atoms with Gasteiger partial charge in [0.05, 0.1) is 14.4 Å². The van der Waals surface area contributed by atoms with Crippen LogP contribution in [-0.2, 0) is 13.0 Å². The first-order valence-corrected chi connectivity index (χ1v) is 7.30. The summed E-state index contributed by atoms with van der Waals surface area (Å²) in [5, 5.41) is 9.21. The number of imidazole rings is 1. The van der Waals surface area contributed by atoms with Crippen LogP contribution < -0.4 is 0 Å². The molecule has 0 bridgehead atoms. The molecule has 1 N–H and O–H groups in total. The van der Waals surface area contributed by atoms with Crippen LogP contribution in [0, 0.1) is 5.92 Å². The molecule has 90 valence electrons. The van der Waals surface area contributed by atoms with Crippen LogP contribution >= 0.6 is 27.3 Å². The lowest BCUT2D eigenvalue weighted by Gasteiger charge is -2.21. The number of hydrogen-bond donors (Lipinski definition) is 1. The van der Waals surface area contributed by atoms with Gasteiger partial charge in [-0.3, -0.25) is 0 Å². The molecule has 3 heterocycles. The third-order valence-electron chi connectivity index (χ3n) is 3.17. The van der Waals surface area contributed by atoms with E-state index in [1.54, 1.807) is 11.3 Å². The summed E-state index contributed by atoms with van der Waals surface area (Å²) in [6.45, 7) is 1.17. The van der Waals surface area contributed by atoms with Crippen LogP contribution in [0.2, 0.25) is 0 Å². The topological polar surface area (TPSA) is 38.1 Å². The third kappa shape index (κ3) is 2.19. The summed E-state index contributed by atoms with van der Waals surface area (Å²) in [7, 11) is 0. The van der Waals surface area contributed by atoms with E-state index in [1.165, 1.54) is 4.88 Å². The lowest BCUT2D eigenvalue weighted by atomic mass is 10.0. The minimum Gasteiger partial charge on any atom is -0.396 e. The van der Waals surface area contributed by atoms with Crippen LogP contribution in [0.3, 0.4) is 0 Å². The molecule has 0 aromatic carbocycles. The summed E-state index contributed by atoms with van der Waals surface area (Å²) in [5.74, 6) is 1.54. The second-order valence-corrected chi connectivity index (χ2v) is 6.85. The summed E-state index contributed by atoms with van der Waals surface area (Å²) < 4.78 is 3.32. The van der Waals surface area contributed by atoms with E-state index in [0.29, 0.717) is 5.92 Å². The maximum absolute atomic E-state index is 9.21. The predicted molar refractivity (Wildman–Crippen MR) is 72.1 cm³/mol. The smallest absolute Gasteiger partial charge is 0.109 e. The Bertz CT molecular complexity index is 534. The lowest BCUT2D eigenvalue weighted by molar-refractivity contribution is 0.190. The van der Waals surface area contributed by atoms with E-state index in [9.17, 15) is 5.11 Å². The van der Waals surface area contributed by atoms with Crippen LogP contribution in [0.1, 0.15) is 12.2 Å². The first-order chi connectivity index (χ1) is 8.26. The van der Waals surface area contributed by atoms with Crippen molar-refractivity contribution in [2.45, 2.75) is 19.4 Å². The highest BCUT2D eigenvalue weighted by molar-refractivity contribution is 9.11. The van der Waals surface area contributed by atoms with Crippen molar-refractivity contribution in [3.8, 4) is 10.6 Å². The van der Waals surface area contributed by atoms with E-state index in [1.807, 2.05) is 0 Å². The number of aromatic nitrogens is 2. The van der Waals surface area contributed by atoms with Crippen molar-refractivity contribution in [1.29, 1.82) is 0 Å². The molecule has 3 rings (SSSR count). The summed E-state index contributed by atoms with van der Waals surface area (Å²) in [4.78, 5) is 5.87. The third-order valence-corrected chi connectivity index (χ3v) is 4.82. The van der Waals surface area contributed by atoms with Gasteiger partial charge in [-0.1, -0.05) is 0 Å². The molecule has 5 heteroatoms. The number of hydrogen-bond acceptors (Lipinski definition) is 3. The molecule has 1 aliphatic rings. The number of nitrogens with zero attached hydrogens (tertiary/aromatic N) is 2. The molecule has 2 aromatic heterocycles. The average Bonchev–Trinajstić information content (AvgIpc) is 2.93. The largest absolute Gasteiger partial charge is 0.396 e. The van der Waals surface area contributed by atoms with Crippen LogP contribution in [0.25, 0.3) is 10.6 Å². The second kappa shape index (κ2) is 4.55. The molecule has 0 aliphatic carbocycles. The molecule has 0 amide bonds. The van der Waals surface area contributed by atoms with E-state index >= 15 is 0 Å². The van der Waals surface area contributed by atoms with E-state index in [2.05, 4.69) is 43.8 Å². The summed E-state index contributed by atoms with van der Waals surface area (Å²) >= 11 is 5.18. The van der Waals surface area contributed by atoms with Gasteiger partial charge >= 0.3 is 0 Å². The fraction of sp³-hybridized carbons (Fsp3) is 0.417. The molecule has 1 atom stereocenters. The van der Waals surface area contributed by atoms with Crippen LogP contribution in [0.15, 0.2) is 22.1 Å². The Balaban J connectivity index is 1.92. The summed E-state index contributed by atoms with van der Waals surface area (Å²) in [6.07, 6.45) is 4.12. The molecule has 0 saturated carbocycles. The van der Waals surface area contributed by atoms with E-state index < -0.39 is 0 Å². The van der Waals surface area contributed by atoms with E-state index in [0.717, 1.165) is 34.7 Å². The zero-order chi connectivity index (χ0) is 11.8. The molecule has 17 heavy (non-hydrogen) atoms. The Kier molecular flexibility index (Phi) is 3.06. The normalized spacial score (nSPS) is 19.3. The molecule has 3 nitrogen and oxygen atoms in total. The van der Waals surface area contributed by atoms with E-state index in [-0.39, 0.29) is 6.61 Å². The summed E-state index contributed by atoms with van der Waals surface area (Å²) in [5.41, 5.74) is 1.05. The highest BCUT2D eigenvalue weighted by Crippen LogP contribution is 2.32. The fourth-order valence-corrected chi connectivity index (χ4v) is 3.57. The Hall–Kier alpha value is -0.650.